The van der Waals surface area contributed by atoms with Gasteiger partial charge in [-0.25, -0.2) is 0 Å². The van der Waals surface area contributed by atoms with E-state index in [4.69, 9.17) is 4.74 Å². The number of ether oxygens (including phenoxy) is 1. The molecule has 0 radical (unpaired) electrons. The molecule has 132 valence electrons. The van der Waals surface area contributed by atoms with Crippen LogP contribution in [0.3, 0.4) is 0 Å². The number of amides is 2. The number of carbonyl (C=O) groups excluding carboxylic acids is 2. The maximum Gasteiger partial charge on any atom is 0.228 e. The monoisotopic (exact) mass is 332 g/mol. The van der Waals surface area contributed by atoms with Gasteiger partial charge in [-0.2, -0.15) is 0 Å². The highest BCUT2D eigenvalue weighted by Gasteiger charge is 2.30. The maximum absolute atomic E-state index is 12.2. The van der Waals surface area contributed by atoms with E-state index in [1.807, 2.05) is 60.9 Å². The summed E-state index contributed by atoms with van der Waals surface area (Å²) in [5, 5.41) is 0. The first-order valence-electron chi connectivity index (χ1n) is 8.63. The molecule has 24 heavy (non-hydrogen) atoms. The predicted octanol–water partition coefficient (Wildman–Crippen LogP) is 2.56. The summed E-state index contributed by atoms with van der Waals surface area (Å²) in [6.45, 7) is 8.84. The smallest absolute Gasteiger partial charge is 0.228 e. The Bertz CT molecular complexity index is 543. The van der Waals surface area contributed by atoms with Crippen LogP contribution in [0.25, 0.3) is 0 Å². The van der Waals surface area contributed by atoms with E-state index < -0.39 is 0 Å². The minimum Gasteiger partial charge on any atom is -0.494 e. The van der Waals surface area contributed by atoms with Crippen LogP contribution in [-0.4, -0.2) is 54.4 Å². The first kappa shape index (κ1) is 18.3. The Morgan fingerprint density at radius 1 is 1.00 bits per heavy atom. The number of piperazine rings is 1. The molecule has 1 aliphatic rings. The van der Waals surface area contributed by atoms with E-state index in [9.17, 15) is 9.59 Å². The Balaban J connectivity index is 1.67. The summed E-state index contributed by atoms with van der Waals surface area (Å²) in [5.41, 5.74) is -0.360. The Morgan fingerprint density at radius 3 is 2.17 bits per heavy atom. The molecular weight excluding hydrogens is 304 g/mol. The molecule has 5 nitrogen and oxygen atoms in total. The van der Waals surface area contributed by atoms with E-state index in [0.717, 1.165) is 5.75 Å². The van der Waals surface area contributed by atoms with Crippen LogP contribution in [0.2, 0.25) is 0 Å². The third-order valence-electron chi connectivity index (χ3n) is 4.11. The average molecular weight is 332 g/mol. The third kappa shape index (κ3) is 5.25. The van der Waals surface area contributed by atoms with Gasteiger partial charge in [0.2, 0.25) is 11.8 Å². The third-order valence-corrected chi connectivity index (χ3v) is 4.11. The molecule has 1 aromatic carbocycles. The number of benzene rings is 1. The number of hydrogen-bond acceptors (Lipinski definition) is 3. The van der Waals surface area contributed by atoms with Crippen LogP contribution in [-0.2, 0) is 9.59 Å². The lowest BCUT2D eigenvalue weighted by molar-refractivity contribution is -0.145. The first-order valence-corrected chi connectivity index (χ1v) is 8.63. The molecule has 0 atom stereocenters. The molecule has 1 aromatic rings. The van der Waals surface area contributed by atoms with Gasteiger partial charge in [0.25, 0.3) is 0 Å². The highest BCUT2D eigenvalue weighted by molar-refractivity contribution is 5.82. The molecule has 2 rings (SSSR count). The quantitative estimate of drug-likeness (QED) is 0.779. The van der Waals surface area contributed by atoms with Crippen LogP contribution >= 0.6 is 0 Å². The van der Waals surface area contributed by atoms with E-state index in [0.29, 0.717) is 45.6 Å². The normalized spacial score (nSPS) is 15.3. The number of hydrogen-bond donors (Lipinski definition) is 0. The number of nitrogens with zero attached hydrogens (tertiary/aromatic N) is 2. The summed E-state index contributed by atoms with van der Waals surface area (Å²) in [4.78, 5) is 28.2. The van der Waals surface area contributed by atoms with Crippen molar-refractivity contribution in [3.63, 3.8) is 0 Å². The van der Waals surface area contributed by atoms with Crippen molar-refractivity contribution in [2.75, 3.05) is 32.8 Å². The molecule has 1 heterocycles. The zero-order valence-corrected chi connectivity index (χ0v) is 15.0. The summed E-state index contributed by atoms with van der Waals surface area (Å²) in [5.74, 6) is 1.14. The number of rotatable bonds is 5. The van der Waals surface area contributed by atoms with Crippen LogP contribution < -0.4 is 4.74 Å². The lowest BCUT2D eigenvalue weighted by Gasteiger charge is -2.37. The highest BCUT2D eigenvalue weighted by atomic mass is 16.5. The molecule has 0 unspecified atom stereocenters. The SMILES string of the molecule is CC(C)(C)C(=O)N1CCN(C(=O)CCCOc2ccccc2)CC1. The van der Waals surface area contributed by atoms with E-state index in [1.54, 1.807) is 0 Å². The second kappa shape index (κ2) is 8.18. The van der Waals surface area contributed by atoms with Crippen molar-refractivity contribution in [2.45, 2.75) is 33.6 Å². The lowest BCUT2D eigenvalue weighted by Crippen LogP contribution is -2.53. The van der Waals surface area contributed by atoms with E-state index in [1.165, 1.54) is 0 Å². The molecule has 0 bridgehead atoms. The molecule has 5 heteroatoms. The zero-order chi connectivity index (χ0) is 17.6. The van der Waals surface area contributed by atoms with Gasteiger partial charge in [0, 0.05) is 38.0 Å². The Morgan fingerprint density at radius 2 is 1.58 bits per heavy atom. The van der Waals surface area contributed by atoms with E-state index in [2.05, 4.69) is 0 Å². The summed E-state index contributed by atoms with van der Waals surface area (Å²) in [6, 6.07) is 9.62. The molecule has 0 aliphatic carbocycles. The Kier molecular flexibility index (Phi) is 6.23. The lowest BCUT2D eigenvalue weighted by atomic mass is 9.94. The van der Waals surface area contributed by atoms with Gasteiger partial charge in [-0.15, -0.1) is 0 Å². The number of para-hydroxylation sites is 1. The highest BCUT2D eigenvalue weighted by Crippen LogP contribution is 2.19. The van der Waals surface area contributed by atoms with Crippen molar-refractivity contribution in [2.24, 2.45) is 5.41 Å². The largest absolute Gasteiger partial charge is 0.494 e. The zero-order valence-electron chi connectivity index (χ0n) is 15.0. The van der Waals surface area contributed by atoms with Gasteiger partial charge in [0.15, 0.2) is 0 Å². The molecule has 0 saturated carbocycles. The fourth-order valence-electron chi connectivity index (χ4n) is 2.72. The van der Waals surface area contributed by atoms with Crippen molar-refractivity contribution >= 4 is 11.8 Å². The maximum atomic E-state index is 12.2. The van der Waals surface area contributed by atoms with Crippen molar-refractivity contribution in [1.29, 1.82) is 0 Å². The average Bonchev–Trinajstić information content (AvgIpc) is 2.58. The summed E-state index contributed by atoms with van der Waals surface area (Å²) < 4.78 is 5.61. The summed E-state index contributed by atoms with van der Waals surface area (Å²) >= 11 is 0. The Labute approximate surface area is 144 Å². The standard InChI is InChI=1S/C19H28N2O3/c1-19(2,3)18(23)21-13-11-20(12-14-21)17(22)10-7-15-24-16-8-5-4-6-9-16/h4-6,8-9H,7,10-15H2,1-3H3. The van der Waals surface area contributed by atoms with Crippen LogP contribution in [0.5, 0.6) is 5.75 Å². The topological polar surface area (TPSA) is 49.9 Å². The Hall–Kier alpha value is -2.04. The fraction of sp³-hybridized carbons (Fsp3) is 0.579. The van der Waals surface area contributed by atoms with Gasteiger partial charge in [0.1, 0.15) is 5.75 Å². The van der Waals surface area contributed by atoms with Gasteiger partial charge in [-0.3, -0.25) is 9.59 Å². The van der Waals surface area contributed by atoms with Crippen molar-refractivity contribution < 1.29 is 14.3 Å². The minimum absolute atomic E-state index is 0.148. The van der Waals surface area contributed by atoms with Gasteiger partial charge in [-0.05, 0) is 18.6 Å². The minimum atomic E-state index is -0.360. The van der Waals surface area contributed by atoms with Gasteiger partial charge < -0.3 is 14.5 Å². The van der Waals surface area contributed by atoms with E-state index in [-0.39, 0.29) is 17.2 Å². The second-order valence-corrected chi connectivity index (χ2v) is 7.19. The van der Waals surface area contributed by atoms with Crippen molar-refractivity contribution in [1.82, 2.24) is 9.80 Å². The van der Waals surface area contributed by atoms with Crippen molar-refractivity contribution in [3.8, 4) is 5.75 Å². The molecule has 0 N–H and O–H groups in total. The van der Waals surface area contributed by atoms with Crippen molar-refractivity contribution in [3.05, 3.63) is 30.3 Å². The molecule has 1 fully saturated rings. The molecule has 1 aliphatic heterocycles. The summed E-state index contributed by atoms with van der Waals surface area (Å²) in [7, 11) is 0. The van der Waals surface area contributed by atoms with Crippen LogP contribution in [0, 0.1) is 5.41 Å². The summed E-state index contributed by atoms with van der Waals surface area (Å²) in [6.07, 6.45) is 1.19. The molecule has 1 saturated heterocycles. The van der Waals surface area contributed by atoms with E-state index >= 15 is 0 Å². The number of carbonyl (C=O) groups is 2. The second-order valence-electron chi connectivity index (χ2n) is 7.19. The fourth-order valence-corrected chi connectivity index (χ4v) is 2.72. The molecule has 0 spiro atoms. The van der Waals surface area contributed by atoms with Gasteiger partial charge in [-0.1, -0.05) is 39.0 Å². The van der Waals surface area contributed by atoms with Gasteiger partial charge >= 0.3 is 0 Å². The molecule has 0 aromatic heterocycles. The first-order chi connectivity index (χ1) is 11.4. The van der Waals surface area contributed by atoms with Crippen LogP contribution in [0.1, 0.15) is 33.6 Å². The molecular formula is C19H28N2O3. The van der Waals surface area contributed by atoms with Crippen LogP contribution in [0.4, 0.5) is 0 Å². The van der Waals surface area contributed by atoms with Gasteiger partial charge in [0.05, 0.1) is 6.61 Å². The molecule has 2 amide bonds. The van der Waals surface area contributed by atoms with Crippen LogP contribution in [0.15, 0.2) is 30.3 Å². The predicted molar refractivity (Wildman–Crippen MR) is 93.8 cm³/mol.